The van der Waals surface area contributed by atoms with Crippen LogP contribution in [0.25, 0.3) is 0 Å². The summed E-state index contributed by atoms with van der Waals surface area (Å²) in [7, 11) is 0.927. The highest BCUT2D eigenvalue weighted by Gasteiger charge is 2.22. The van der Waals surface area contributed by atoms with E-state index in [1.165, 1.54) is 38.5 Å². The van der Waals surface area contributed by atoms with Gasteiger partial charge in [0.1, 0.15) is 19.8 Å². The van der Waals surface area contributed by atoms with Crippen molar-refractivity contribution in [2.24, 2.45) is 0 Å². The van der Waals surface area contributed by atoms with E-state index in [0.29, 0.717) is 17.4 Å². The summed E-state index contributed by atoms with van der Waals surface area (Å²) in [5, 5.41) is 18.4. The normalized spacial score (nSPS) is 14.7. The van der Waals surface area contributed by atoms with Gasteiger partial charge in [-0.1, -0.05) is 70.4 Å². The molecular weight excluding hydrogens is 629 g/mol. The van der Waals surface area contributed by atoms with Gasteiger partial charge < -0.3 is 38.1 Å². The summed E-state index contributed by atoms with van der Waals surface area (Å²) >= 11 is 0. The first-order valence-corrected chi connectivity index (χ1v) is 18.7. The van der Waals surface area contributed by atoms with Crippen molar-refractivity contribution in [1.29, 1.82) is 0 Å². The zero-order chi connectivity index (χ0) is 35.4. The number of hydrogen-bond donors (Lipinski definition) is 2. The summed E-state index contributed by atoms with van der Waals surface area (Å²) in [4.78, 5) is 47.5. The van der Waals surface area contributed by atoms with Crippen LogP contribution in [0.4, 0.5) is 0 Å². The van der Waals surface area contributed by atoms with Gasteiger partial charge >= 0.3 is 17.9 Å². The molecule has 0 aromatic rings. The molecule has 12 nitrogen and oxygen atoms in total. The number of esters is 2. The van der Waals surface area contributed by atoms with Crippen molar-refractivity contribution in [3.05, 3.63) is 24.3 Å². The van der Waals surface area contributed by atoms with Crippen LogP contribution in [0.15, 0.2) is 24.3 Å². The van der Waals surface area contributed by atoms with E-state index in [0.717, 1.165) is 50.7 Å². The molecule has 0 rings (SSSR count). The molecule has 0 fully saturated rings. The Morgan fingerprint density at radius 3 is 1.98 bits per heavy atom. The van der Waals surface area contributed by atoms with Crippen molar-refractivity contribution in [2.75, 3.05) is 47.5 Å². The fraction of sp³-hybridized carbons (Fsp3) is 0.794. The van der Waals surface area contributed by atoms with Gasteiger partial charge in [0.2, 0.25) is 0 Å². The number of aliphatic hydroxyl groups excluding tert-OH is 1. The first-order valence-electron chi connectivity index (χ1n) is 17.2. The van der Waals surface area contributed by atoms with Crippen molar-refractivity contribution in [2.45, 2.75) is 128 Å². The van der Waals surface area contributed by atoms with Gasteiger partial charge in [0.15, 0.2) is 6.10 Å². The predicted molar refractivity (Wildman–Crippen MR) is 179 cm³/mol. The second-order valence-electron chi connectivity index (χ2n) is 12.9. The van der Waals surface area contributed by atoms with Crippen LogP contribution in [0.3, 0.4) is 0 Å². The molecule has 47 heavy (non-hydrogen) atoms. The summed E-state index contributed by atoms with van der Waals surface area (Å²) in [6.45, 7) is 1.56. The number of aliphatic carboxylic acids is 1. The number of ether oxygens (including phenoxy) is 2. The van der Waals surface area contributed by atoms with E-state index < -0.39 is 51.2 Å². The van der Waals surface area contributed by atoms with E-state index in [2.05, 4.69) is 19.1 Å². The molecule has 2 unspecified atom stereocenters. The molecule has 0 saturated carbocycles. The maximum absolute atomic E-state index is 12.4. The number of carboxylic acid groups (broad SMARTS) is 1. The largest absolute Gasteiger partial charge is 0.756 e. The van der Waals surface area contributed by atoms with Crippen LogP contribution in [0.5, 0.6) is 0 Å². The molecule has 0 heterocycles. The van der Waals surface area contributed by atoms with Crippen molar-refractivity contribution >= 4 is 25.7 Å². The maximum Gasteiger partial charge on any atom is 0.328 e. The topological polar surface area (TPSA) is 169 Å². The molecule has 0 saturated heterocycles. The minimum absolute atomic E-state index is 0.0989. The molecule has 0 aliphatic heterocycles. The number of carbonyl (C=O) groups is 3. The second-order valence-corrected chi connectivity index (χ2v) is 14.3. The highest BCUT2D eigenvalue weighted by molar-refractivity contribution is 7.45. The summed E-state index contributed by atoms with van der Waals surface area (Å²) < 4.78 is 33.1. The minimum Gasteiger partial charge on any atom is -0.756 e. The van der Waals surface area contributed by atoms with E-state index in [9.17, 15) is 28.9 Å². The van der Waals surface area contributed by atoms with Crippen molar-refractivity contribution < 1.29 is 57.1 Å². The smallest absolute Gasteiger partial charge is 0.328 e. The lowest BCUT2D eigenvalue weighted by atomic mass is 10.1. The van der Waals surface area contributed by atoms with Gasteiger partial charge in [-0.3, -0.25) is 14.2 Å². The average molecular weight is 692 g/mol. The number of nitrogens with zero attached hydrogens (tertiary/aromatic N) is 1. The number of rotatable bonds is 31. The van der Waals surface area contributed by atoms with Gasteiger partial charge in [-0.15, -0.1) is 0 Å². The molecule has 13 heteroatoms. The molecule has 0 amide bonds. The third-order valence-electron chi connectivity index (χ3n) is 7.14. The molecule has 2 N–H and O–H groups in total. The zero-order valence-electron chi connectivity index (χ0n) is 29.3. The van der Waals surface area contributed by atoms with Crippen LogP contribution in [0.2, 0.25) is 0 Å². The number of phosphoric acid groups is 1. The molecule has 0 bridgehead atoms. The minimum atomic E-state index is -4.70. The molecule has 0 aliphatic rings. The molecule has 0 aliphatic carbocycles. The highest BCUT2D eigenvalue weighted by atomic mass is 31.2. The number of aliphatic hydroxyl groups is 1. The van der Waals surface area contributed by atoms with Crippen LogP contribution in [-0.2, 0) is 37.5 Å². The lowest BCUT2D eigenvalue weighted by Crippen LogP contribution is -2.37. The zero-order valence-corrected chi connectivity index (χ0v) is 30.2. The lowest BCUT2D eigenvalue weighted by Gasteiger charge is -2.28. The first kappa shape index (κ1) is 44.9. The quantitative estimate of drug-likeness (QED) is 0.0223. The Bertz CT molecular complexity index is 949. The van der Waals surface area contributed by atoms with E-state index >= 15 is 0 Å². The summed E-state index contributed by atoms with van der Waals surface area (Å²) in [5.74, 6) is -2.40. The predicted octanol–water partition coefficient (Wildman–Crippen LogP) is 5.86. The Kier molecular flexibility index (Phi) is 26.6. The number of phosphoric ester groups is 1. The first-order chi connectivity index (χ1) is 22.2. The van der Waals surface area contributed by atoms with Crippen LogP contribution in [-0.4, -0.2) is 92.3 Å². The van der Waals surface area contributed by atoms with Gasteiger partial charge in [-0.25, -0.2) is 4.79 Å². The monoisotopic (exact) mass is 691 g/mol. The van der Waals surface area contributed by atoms with E-state index in [4.69, 9.17) is 23.6 Å². The van der Waals surface area contributed by atoms with Gasteiger partial charge in [0.05, 0.1) is 33.9 Å². The van der Waals surface area contributed by atoms with Crippen LogP contribution in [0, 0.1) is 0 Å². The fourth-order valence-corrected chi connectivity index (χ4v) is 5.07. The number of unbranched alkanes of at least 4 members (excludes halogenated alkanes) is 11. The van der Waals surface area contributed by atoms with E-state index in [1.54, 1.807) is 0 Å². The second kappa shape index (κ2) is 27.8. The number of carboxylic acids is 1. The Morgan fingerprint density at radius 2 is 1.38 bits per heavy atom. The van der Waals surface area contributed by atoms with Crippen LogP contribution in [0.1, 0.15) is 116 Å². The summed E-state index contributed by atoms with van der Waals surface area (Å²) in [6, 6.07) is 0. The fourth-order valence-electron chi connectivity index (χ4n) is 4.34. The highest BCUT2D eigenvalue weighted by Crippen LogP contribution is 2.38. The summed E-state index contributed by atoms with van der Waals surface area (Å²) in [6.07, 6.45) is 19.4. The molecule has 0 radical (unpaired) electrons. The summed E-state index contributed by atoms with van der Waals surface area (Å²) in [5.41, 5.74) is 0. The number of likely N-dealkylation sites (N-methyl/N-ethyl adjacent to an activating group) is 1. The number of carbonyl (C=O) groups excluding carboxylic acids is 2. The van der Waals surface area contributed by atoms with Crippen molar-refractivity contribution in [3.63, 3.8) is 0 Å². The number of allylic oxidation sites excluding steroid dienone is 2. The van der Waals surface area contributed by atoms with Gasteiger partial charge in [0.25, 0.3) is 7.82 Å². The molecule has 3 atom stereocenters. The Hall–Kier alpha value is -2.08. The lowest BCUT2D eigenvalue weighted by molar-refractivity contribution is -0.870. The van der Waals surface area contributed by atoms with Crippen molar-refractivity contribution in [3.8, 4) is 0 Å². The van der Waals surface area contributed by atoms with Gasteiger partial charge in [-0.2, -0.15) is 0 Å². The van der Waals surface area contributed by atoms with Crippen LogP contribution < -0.4 is 4.89 Å². The third-order valence-corrected chi connectivity index (χ3v) is 8.11. The van der Waals surface area contributed by atoms with Gasteiger partial charge in [0, 0.05) is 18.9 Å². The third kappa shape index (κ3) is 32.3. The molecule has 0 aromatic carbocycles. The molecule has 0 spiro atoms. The van der Waals surface area contributed by atoms with E-state index in [-0.39, 0.29) is 32.3 Å². The molecular formula is C34H62NO11P. The molecule has 0 aromatic heterocycles. The average Bonchev–Trinajstić information content (AvgIpc) is 2.98. The molecule has 274 valence electrons. The Balaban J connectivity index is 4.50. The van der Waals surface area contributed by atoms with E-state index in [1.807, 2.05) is 21.1 Å². The number of hydrogen-bond acceptors (Lipinski definition) is 10. The van der Waals surface area contributed by atoms with Crippen LogP contribution >= 0.6 is 7.82 Å². The van der Waals surface area contributed by atoms with Crippen molar-refractivity contribution in [1.82, 2.24) is 0 Å². The maximum atomic E-state index is 12.4. The Labute approximate surface area is 282 Å². The number of quaternary nitrogens is 1. The SMILES string of the molecule is CCCCCCCC/C=C\CCCCCCCC(=O)OC[C@H](COP(=O)([O-])OCC[N+](C)(C)C)OC(=O)CCCC(O)/C=C/C(=O)O. The van der Waals surface area contributed by atoms with Gasteiger partial charge in [-0.05, 0) is 51.0 Å². The Morgan fingerprint density at radius 1 is 0.809 bits per heavy atom. The standard InChI is InChI=1S/C34H62NO11P/c1-5-6-7-8-9-10-11-12-13-14-15-16-17-18-19-22-33(39)43-28-31(29-45-47(41,42)44-27-26-35(2,3)4)46-34(40)23-20-21-30(36)24-25-32(37)38/h12-13,24-25,30-31,36H,5-11,14-23,26-29H2,1-4H3,(H-,37,38,41,42)/b13-12-,25-24+/t30?,31-/m1/s1.